The molecule has 1 aromatic carbocycles. The van der Waals surface area contributed by atoms with Gasteiger partial charge in [-0.2, -0.15) is 0 Å². The summed E-state index contributed by atoms with van der Waals surface area (Å²) in [6.07, 6.45) is 1.96. The summed E-state index contributed by atoms with van der Waals surface area (Å²) >= 11 is 0. The van der Waals surface area contributed by atoms with Crippen LogP contribution in [0.15, 0.2) is 54.7 Å². The highest BCUT2D eigenvalue weighted by atomic mass is 31.2. The third kappa shape index (κ3) is 2.15. The second kappa shape index (κ2) is 5.23. The van der Waals surface area contributed by atoms with Gasteiger partial charge in [0.2, 0.25) is 0 Å². The van der Waals surface area contributed by atoms with E-state index in [0.717, 1.165) is 18.8 Å². The molecule has 0 spiro atoms. The van der Waals surface area contributed by atoms with Crippen LogP contribution in [0, 0.1) is 0 Å². The molecule has 2 aliphatic rings. The number of benzene rings is 1. The van der Waals surface area contributed by atoms with Gasteiger partial charge in [-0.05, 0) is 17.7 Å². The average molecular weight is 286 g/mol. The standard InChI is InChI=1S/C15H15N2O2P/c1-2-6-12(7-3-1)15-14-11-18-20(19-15)17(14)10-13-8-4-5-9-16-13/h1-9,14-15H,10-11H2. The Labute approximate surface area is 119 Å². The summed E-state index contributed by atoms with van der Waals surface area (Å²) in [6.45, 7) is 1.54. The van der Waals surface area contributed by atoms with Crippen molar-refractivity contribution in [3.63, 3.8) is 0 Å². The summed E-state index contributed by atoms with van der Waals surface area (Å²) in [4.78, 5) is 4.39. The topological polar surface area (TPSA) is 34.6 Å². The fourth-order valence-corrected chi connectivity index (χ4v) is 4.44. The molecule has 102 valence electrons. The molecule has 0 radical (unpaired) electrons. The Kier molecular flexibility index (Phi) is 3.25. The van der Waals surface area contributed by atoms with Crippen molar-refractivity contribution >= 4 is 8.53 Å². The third-order valence-corrected chi connectivity index (χ3v) is 5.31. The quantitative estimate of drug-likeness (QED) is 0.811. The molecular weight excluding hydrogens is 271 g/mol. The van der Waals surface area contributed by atoms with E-state index in [1.165, 1.54) is 5.56 Å². The molecule has 2 aromatic rings. The highest BCUT2D eigenvalue weighted by Gasteiger charge is 2.50. The lowest BCUT2D eigenvalue weighted by atomic mass is 10.0. The van der Waals surface area contributed by atoms with Crippen LogP contribution < -0.4 is 0 Å². The van der Waals surface area contributed by atoms with Gasteiger partial charge >= 0.3 is 0 Å². The second-order valence-electron chi connectivity index (χ2n) is 4.96. The molecule has 0 aliphatic carbocycles. The molecule has 0 N–H and O–H groups in total. The summed E-state index contributed by atoms with van der Waals surface area (Å²) < 4.78 is 14.1. The number of aromatic nitrogens is 1. The van der Waals surface area contributed by atoms with Crippen molar-refractivity contribution in [1.29, 1.82) is 0 Å². The summed E-state index contributed by atoms with van der Waals surface area (Å²) in [5.41, 5.74) is 2.30. The lowest BCUT2D eigenvalue weighted by Gasteiger charge is -2.20. The molecule has 2 bridgehead atoms. The van der Waals surface area contributed by atoms with Crippen molar-refractivity contribution in [2.24, 2.45) is 0 Å². The molecule has 2 fully saturated rings. The van der Waals surface area contributed by atoms with Gasteiger partial charge in [0.15, 0.2) is 0 Å². The number of pyridine rings is 1. The lowest BCUT2D eigenvalue weighted by molar-refractivity contribution is 0.118. The van der Waals surface area contributed by atoms with Crippen LogP contribution in [0.2, 0.25) is 0 Å². The SMILES string of the molecule is c1ccc(C2OP3OCC2N3Cc2ccccn2)cc1. The van der Waals surface area contributed by atoms with E-state index in [2.05, 4.69) is 33.9 Å². The second-order valence-corrected chi connectivity index (χ2v) is 6.41. The van der Waals surface area contributed by atoms with E-state index in [9.17, 15) is 0 Å². The predicted octanol–water partition coefficient (Wildman–Crippen LogP) is 3.28. The van der Waals surface area contributed by atoms with Crippen LogP contribution in [0.25, 0.3) is 0 Å². The normalized spacial score (nSPS) is 28.9. The van der Waals surface area contributed by atoms with E-state index < -0.39 is 8.53 Å². The predicted molar refractivity (Wildman–Crippen MR) is 76.7 cm³/mol. The van der Waals surface area contributed by atoms with Gasteiger partial charge in [-0.25, -0.2) is 4.67 Å². The molecule has 0 amide bonds. The van der Waals surface area contributed by atoms with Crippen LogP contribution in [0.3, 0.4) is 0 Å². The van der Waals surface area contributed by atoms with Crippen LogP contribution in [-0.2, 0) is 15.6 Å². The van der Waals surface area contributed by atoms with Gasteiger partial charge in [-0.3, -0.25) is 4.98 Å². The first-order valence-corrected chi connectivity index (χ1v) is 7.86. The molecule has 2 aliphatic heterocycles. The fourth-order valence-electron chi connectivity index (χ4n) is 2.68. The van der Waals surface area contributed by atoms with E-state index >= 15 is 0 Å². The van der Waals surface area contributed by atoms with Crippen molar-refractivity contribution in [3.8, 4) is 0 Å². The smallest absolute Gasteiger partial charge is 0.260 e. The van der Waals surface area contributed by atoms with E-state index in [1.54, 1.807) is 0 Å². The van der Waals surface area contributed by atoms with Gasteiger partial charge in [-0.15, -0.1) is 0 Å². The maximum Gasteiger partial charge on any atom is 0.260 e. The minimum Gasteiger partial charge on any atom is -0.320 e. The zero-order valence-corrected chi connectivity index (χ0v) is 11.8. The van der Waals surface area contributed by atoms with Gasteiger partial charge < -0.3 is 9.05 Å². The molecule has 20 heavy (non-hydrogen) atoms. The Morgan fingerprint density at radius 3 is 2.80 bits per heavy atom. The van der Waals surface area contributed by atoms with Gasteiger partial charge in [-0.1, -0.05) is 36.4 Å². The number of hydrogen-bond acceptors (Lipinski definition) is 4. The maximum atomic E-state index is 6.07. The first-order valence-electron chi connectivity index (χ1n) is 6.73. The van der Waals surface area contributed by atoms with Crippen LogP contribution >= 0.6 is 8.53 Å². The molecule has 2 saturated heterocycles. The van der Waals surface area contributed by atoms with E-state index in [4.69, 9.17) is 9.05 Å². The molecule has 3 heterocycles. The van der Waals surface area contributed by atoms with Crippen molar-refractivity contribution in [2.45, 2.75) is 18.7 Å². The van der Waals surface area contributed by atoms with Crippen LogP contribution in [0.1, 0.15) is 17.4 Å². The number of nitrogens with zero attached hydrogens (tertiary/aromatic N) is 2. The van der Waals surface area contributed by atoms with E-state index in [0.29, 0.717) is 6.04 Å². The van der Waals surface area contributed by atoms with Crippen molar-refractivity contribution in [1.82, 2.24) is 9.65 Å². The molecule has 3 atom stereocenters. The number of hydrogen-bond donors (Lipinski definition) is 0. The zero-order chi connectivity index (χ0) is 13.4. The van der Waals surface area contributed by atoms with Gasteiger partial charge in [0.05, 0.1) is 18.3 Å². The zero-order valence-electron chi connectivity index (χ0n) is 10.9. The molecular formula is C15H15N2O2P. The molecule has 1 aromatic heterocycles. The summed E-state index contributed by atoms with van der Waals surface area (Å²) in [7, 11) is -0.926. The number of rotatable bonds is 3. The average Bonchev–Trinajstić information content (AvgIpc) is 3.06. The van der Waals surface area contributed by atoms with Gasteiger partial charge in [0, 0.05) is 12.7 Å². The first-order chi connectivity index (χ1) is 9.92. The Bertz CT molecular complexity index is 581. The summed E-state index contributed by atoms with van der Waals surface area (Å²) in [6, 6.07) is 16.7. The molecule has 4 nitrogen and oxygen atoms in total. The maximum absolute atomic E-state index is 6.07. The molecule has 5 heteroatoms. The molecule has 0 saturated carbocycles. The van der Waals surface area contributed by atoms with Crippen LogP contribution in [0.5, 0.6) is 0 Å². The highest BCUT2D eigenvalue weighted by molar-refractivity contribution is 7.45. The summed E-state index contributed by atoms with van der Waals surface area (Å²) in [5, 5.41) is 0. The minimum absolute atomic E-state index is 0.125. The Balaban J connectivity index is 1.55. The van der Waals surface area contributed by atoms with Gasteiger partial charge in [0.1, 0.15) is 6.10 Å². The fraction of sp³-hybridized carbons (Fsp3) is 0.267. The van der Waals surface area contributed by atoms with Crippen molar-refractivity contribution in [3.05, 3.63) is 66.0 Å². The van der Waals surface area contributed by atoms with Crippen LogP contribution in [-0.4, -0.2) is 22.3 Å². The number of fused-ring (bicyclic) bond motifs is 2. The van der Waals surface area contributed by atoms with Crippen molar-refractivity contribution in [2.75, 3.05) is 6.61 Å². The molecule has 3 unspecified atom stereocenters. The van der Waals surface area contributed by atoms with Crippen molar-refractivity contribution < 1.29 is 9.05 Å². The monoisotopic (exact) mass is 286 g/mol. The Morgan fingerprint density at radius 2 is 2.00 bits per heavy atom. The highest BCUT2D eigenvalue weighted by Crippen LogP contribution is 2.62. The Hall–Kier alpha value is -1.32. The molecule has 4 rings (SSSR count). The van der Waals surface area contributed by atoms with E-state index in [1.807, 2.05) is 30.5 Å². The van der Waals surface area contributed by atoms with Gasteiger partial charge in [0.25, 0.3) is 8.53 Å². The Morgan fingerprint density at radius 1 is 1.15 bits per heavy atom. The minimum atomic E-state index is -0.926. The first kappa shape index (κ1) is 12.4. The lowest BCUT2D eigenvalue weighted by Crippen LogP contribution is -2.28. The summed E-state index contributed by atoms with van der Waals surface area (Å²) in [5.74, 6) is 0. The van der Waals surface area contributed by atoms with E-state index in [-0.39, 0.29) is 6.10 Å². The third-order valence-electron chi connectivity index (χ3n) is 3.68. The largest absolute Gasteiger partial charge is 0.320 e. The van der Waals surface area contributed by atoms with Crippen LogP contribution in [0.4, 0.5) is 0 Å².